The highest BCUT2D eigenvalue weighted by atomic mass is 32.1. The van der Waals surface area contributed by atoms with Gasteiger partial charge in [0.2, 0.25) is 5.91 Å². The van der Waals surface area contributed by atoms with Gasteiger partial charge < -0.3 is 11.1 Å². The van der Waals surface area contributed by atoms with Crippen LogP contribution in [0.15, 0.2) is 18.2 Å². The summed E-state index contributed by atoms with van der Waals surface area (Å²) in [6.45, 7) is 5.47. The van der Waals surface area contributed by atoms with Crippen LogP contribution in [0.5, 0.6) is 0 Å². The smallest absolute Gasteiger partial charge is 0.234 e. The summed E-state index contributed by atoms with van der Waals surface area (Å²) in [4.78, 5) is 13.8. The first-order valence-corrected chi connectivity index (χ1v) is 7.24. The van der Waals surface area contributed by atoms with Crippen LogP contribution in [0.3, 0.4) is 0 Å². The summed E-state index contributed by atoms with van der Waals surface area (Å²) in [6.07, 6.45) is 0. The lowest BCUT2D eigenvalue weighted by atomic mass is 10.1. The van der Waals surface area contributed by atoms with Crippen LogP contribution in [-0.4, -0.2) is 35.9 Å². The van der Waals surface area contributed by atoms with Crippen molar-refractivity contribution >= 4 is 23.1 Å². The second-order valence-electron chi connectivity index (χ2n) is 5.54. The van der Waals surface area contributed by atoms with Crippen molar-refractivity contribution in [1.29, 1.82) is 0 Å². The van der Waals surface area contributed by atoms with E-state index >= 15 is 0 Å². The Balaban J connectivity index is 2.64. The Bertz CT molecular complexity index is 520. The number of amides is 1. The summed E-state index contributed by atoms with van der Waals surface area (Å²) in [7, 11) is 1.82. The minimum atomic E-state index is -0.376. The van der Waals surface area contributed by atoms with Gasteiger partial charge in [0.1, 0.15) is 10.8 Å². The van der Waals surface area contributed by atoms with Crippen LogP contribution in [0.4, 0.5) is 4.39 Å². The van der Waals surface area contributed by atoms with Crippen LogP contribution in [0.25, 0.3) is 0 Å². The lowest BCUT2D eigenvalue weighted by Crippen LogP contribution is -2.36. The summed E-state index contributed by atoms with van der Waals surface area (Å²) < 4.78 is 13.2. The average molecular weight is 311 g/mol. The van der Waals surface area contributed by atoms with E-state index in [-0.39, 0.29) is 23.3 Å². The highest BCUT2D eigenvalue weighted by Gasteiger charge is 2.12. The molecular weight excluding hydrogens is 289 g/mol. The maximum atomic E-state index is 13.2. The molecule has 0 bridgehead atoms. The quantitative estimate of drug-likeness (QED) is 0.752. The van der Waals surface area contributed by atoms with Gasteiger partial charge in [-0.05, 0) is 30.7 Å². The number of hydrogen-bond donors (Lipinski definition) is 2. The number of halogens is 1. The number of nitrogens with two attached hydrogens (primary N) is 1. The minimum Gasteiger partial charge on any atom is -0.389 e. The minimum absolute atomic E-state index is 0.0369. The van der Waals surface area contributed by atoms with Crippen molar-refractivity contribution in [3.05, 3.63) is 35.1 Å². The molecule has 0 unspecified atom stereocenters. The number of nitrogens with one attached hydrogen (secondary N) is 1. The predicted octanol–water partition coefficient (Wildman–Crippen LogP) is 1.66. The van der Waals surface area contributed by atoms with Gasteiger partial charge in [0, 0.05) is 18.7 Å². The molecule has 0 aromatic heterocycles. The molecule has 0 saturated carbocycles. The number of benzene rings is 1. The van der Waals surface area contributed by atoms with Crippen LogP contribution in [-0.2, 0) is 11.3 Å². The zero-order valence-electron chi connectivity index (χ0n) is 12.6. The summed E-state index contributed by atoms with van der Waals surface area (Å²) in [5, 5.41) is 2.85. The van der Waals surface area contributed by atoms with Crippen LogP contribution >= 0.6 is 12.2 Å². The van der Waals surface area contributed by atoms with Gasteiger partial charge in [-0.2, -0.15) is 0 Å². The molecule has 4 nitrogen and oxygen atoms in total. The third-order valence-corrected chi connectivity index (χ3v) is 3.12. The van der Waals surface area contributed by atoms with E-state index in [4.69, 9.17) is 18.0 Å². The van der Waals surface area contributed by atoms with E-state index in [9.17, 15) is 9.18 Å². The van der Waals surface area contributed by atoms with Crippen molar-refractivity contribution in [3.63, 3.8) is 0 Å². The van der Waals surface area contributed by atoms with Crippen molar-refractivity contribution in [2.24, 2.45) is 11.7 Å². The van der Waals surface area contributed by atoms with Crippen molar-refractivity contribution in [1.82, 2.24) is 10.2 Å². The van der Waals surface area contributed by atoms with Gasteiger partial charge >= 0.3 is 0 Å². The fraction of sp³-hybridized carbons (Fsp3) is 0.467. The molecule has 116 valence electrons. The Morgan fingerprint density at radius 3 is 2.71 bits per heavy atom. The van der Waals surface area contributed by atoms with E-state index < -0.39 is 0 Å². The molecule has 1 aromatic rings. The molecule has 0 radical (unpaired) electrons. The Hall–Kier alpha value is -1.53. The van der Waals surface area contributed by atoms with Gasteiger partial charge in [0.15, 0.2) is 0 Å². The molecule has 1 aromatic carbocycles. The summed E-state index contributed by atoms with van der Waals surface area (Å²) in [5.41, 5.74) is 6.93. The largest absolute Gasteiger partial charge is 0.389 e. The average Bonchev–Trinajstić information content (AvgIpc) is 2.38. The molecule has 6 heteroatoms. The molecule has 1 rings (SSSR count). The normalized spacial score (nSPS) is 11.0. The highest BCUT2D eigenvalue weighted by molar-refractivity contribution is 7.80. The molecule has 0 fully saturated rings. The SMILES string of the molecule is CC(C)CNC(=O)CN(C)Cc1ccc(F)cc1C(N)=S. The van der Waals surface area contributed by atoms with Gasteiger partial charge in [-0.3, -0.25) is 9.69 Å². The Kier molecular flexibility index (Phi) is 6.71. The number of carbonyl (C=O) groups is 1. The molecule has 0 saturated heterocycles. The third kappa shape index (κ3) is 6.18. The van der Waals surface area contributed by atoms with Crippen LogP contribution in [0, 0.1) is 11.7 Å². The van der Waals surface area contributed by atoms with Crippen molar-refractivity contribution in [2.75, 3.05) is 20.1 Å². The number of thiocarbonyl (C=S) groups is 1. The zero-order chi connectivity index (χ0) is 16.0. The maximum Gasteiger partial charge on any atom is 0.234 e. The Morgan fingerprint density at radius 2 is 2.14 bits per heavy atom. The lowest BCUT2D eigenvalue weighted by Gasteiger charge is -2.18. The van der Waals surface area contributed by atoms with E-state index in [1.807, 2.05) is 25.8 Å². The van der Waals surface area contributed by atoms with E-state index in [1.165, 1.54) is 12.1 Å². The van der Waals surface area contributed by atoms with E-state index in [0.29, 0.717) is 24.6 Å². The van der Waals surface area contributed by atoms with E-state index in [2.05, 4.69) is 5.32 Å². The highest BCUT2D eigenvalue weighted by Crippen LogP contribution is 2.13. The molecule has 0 atom stereocenters. The topological polar surface area (TPSA) is 58.4 Å². The van der Waals surface area contributed by atoms with Gasteiger partial charge in [0.25, 0.3) is 0 Å². The summed E-state index contributed by atoms with van der Waals surface area (Å²) >= 11 is 4.93. The van der Waals surface area contributed by atoms with Crippen LogP contribution < -0.4 is 11.1 Å². The summed E-state index contributed by atoms with van der Waals surface area (Å²) in [5.74, 6) is 0.00152. The second kappa shape index (κ2) is 8.05. The van der Waals surface area contributed by atoms with Gasteiger partial charge in [-0.25, -0.2) is 4.39 Å². The number of carbonyl (C=O) groups excluding carboxylic acids is 1. The molecule has 0 aliphatic rings. The van der Waals surface area contributed by atoms with E-state index in [1.54, 1.807) is 6.07 Å². The molecule has 21 heavy (non-hydrogen) atoms. The van der Waals surface area contributed by atoms with Crippen molar-refractivity contribution < 1.29 is 9.18 Å². The number of hydrogen-bond acceptors (Lipinski definition) is 3. The fourth-order valence-electron chi connectivity index (χ4n) is 1.88. The first-order valence-electron chi connectivity index (χ1n) is 6.83. The fourth-order valence-corrected chi connectivity index (χ4v) is 2.07. The molecule has 0 aliphatic heterocycles. The lowest BCUT2D eigenvalue weighted by molar-refractivity contribution is -0.122. The third-order valence-electron chi connectivity index (χ3n) is 2.90. The first-order chi connectivity index (χ1) is 9.79. The Labute approximate surface area is 130 Å². The van der Waals surface area contributed by atoms with Crippen molar-refractivity contribution in [3.8, 4) is 0 Å². The van der Waals surface area contributed by atoms with Crippen LogP contribution in [0.1, 0.15) is 25.0 Å². The predicted molar refractivity (Wildman–Crippen MR) is 86.5 cm³/mol. The van der Waals surface area contributed by atoms with Gasteiger partial charge in [-0.1, -0.05) is 32.1 Å². The molecule has 1 amide bonds. The Morgan fingerprint density at radius 1 is 1.48 bits per heavy atom. The second-order valence-corrected chi connectivity index (χ2v) is 5.98. The molecule has 0 heterocycles. The van der Waals surface area contributed by atoms with Crippen molar-refractivity contribution in [2.45, 2.75) is 20.4 Å². The first kappa shape index (κ1) is 17.5. The number of nitrogens with zero attached hydrogens (tertiary/aromatic N) is 1. The van der Waals surface area contributed by atoms with Gasteiger partial charge in [-0.15, -0.1) is 0 Å². The van der Waals surface area contributed by atoms with Gasteiger partial charge in [0.05, 0.1) is 6.54 Å². The monoisotopic (exact) mass is 311 g/mol. The molecule has 0 aliphatic carbocycles. The number of likely N-dealkylation sites (N-methyl/N-ethyl adjacent to an activating group) is 1. The number of rotatable bonds is 7. The van der Waals surface area contributed by atoms with Crippen LogP contribution in [0.2, 0.25) is 0 Å². The molecule has 0 spiro atoms. The molecule has 3 N–H and O–H groups in total. The maximum absolute atomic E-state index is 13.2. The zero-order valence-corrected chi connectivity index (χ0v) is 13.5. The standard InChI is InChI=1S/C15H22FN3OS/c1-10(2)7-18-14(20)9-19(3)8-11-4-5-12(16)6-13(11)15(17)21/h4-6,10H,7-9H2,1-3H3,(H2,17,21)(H,18,20). The molecular formula is C15H22FN3OS. The van der Waals surface area contributed by atoms with E-state index in [0.717, 1.165) is 5.56 Å². The summed E-state index contributed by atoms with van der Waals surface area (Å²) in [6, 6.07) is 4.33.